The highest BCUT2D eigenvalue weighted by Gasteiger charge is 2.05. The minimum atomic E-state index is 0. The molecule has 1 aromatic carbocycles. The summed E-state index contributed by atoms with van der Waals surface area (Å²) in [7, 11) is 3.33. The molecule has 24 heavy (non-hydrogen) atoms. The predicted octanol–water partition coefficient (Wildman–Crippen LogP) is 3.48. The molecule has 132 valence electrons. The van der Waals surface area contributed by atoms with Crippen LogP contribution in [0.15, 0.2) is 41.4 Å². The minimum absolute atomic E-state index is 0. The van der Waals surface area contributed by atoms with Crippen molar-refractivity contribution in [2.75, 3.05) is 20.8 Å². The molecule has 0 bridgehead atoms. The fourth-order valence-corrected chi connectivity index (χ4v) is 3.06. The van der Waals surface area contributed by atoms with Crippen molar-refractivity contribution in [2.24, 2.45) is 10.7 Å². The maximum absolute atomic E-state index is 5.88. The van der Waals surface area contributed by atoms with Gasteiger partial charge in [0, 0.05) is 22.9 Å². The number of nitrogens with zero attached hydrogens (tertiary/aromatic N) is 1. The van der Waals surface area contributed by atoms with Crippen molar-refractivity contribution in [3.63, 3.8) is 0 Å². The first-order valence-electron chi connectivity index (χ1n) is 7.41. The predicted molar refractivity (Wildman–Crippen MR) is 112 cm³/mol. The Labute approximate surface area is 164 Å². The molecule has 0 saturated carbocycles. The number of nitrogens with one attached hydrogen (secondary N) is 1. The smallest absolute Gasteiger partial charge is 0.189 e. The average Bonchev–Trinajstić information content (AvgIpc) is 3.02. The minimum Gasteiger partial charge on any atom is -0.497 e. The zero-order valence-corrected chi connectivity index (χ0v) is 17.3. The van der Waals surface area contributed by atoms with E-state index in [0.29, 0.717) is 19.1 Å². The summed E-state index contributed by atoms with van der Waals surface area (Å²) in [6.07, 6.45) is 0. The molecule has 3 N–H and O–H groups in total. The quantitative estimate of drug-likeness (QED) is 0.377. The highest BCUT2D eigenvalue weighted by Crippen LogP contribution is 2.29. The van der Waals surface area contributed by atoms with Gasteiger partial charge in [0.1, 0.15) is 5.75 Å². The largest absolute Gasteiger partial charge is 0.497 e. The molecule has 1 unspecified atom stereocenters. The van der Waals surface area contributed by atoms with Crippen LogP contribution in [0.2, 0.25) is 0 Å². The summed E-state index contributed by atoms with van der Waals surface area (Å²) in [6, 6.07) is 12.4. The van der Waals surface area contributed by atoms with E-state index < -0.39 is 0 Å². The van der Waals surface area contributed by atoms with Crippen molar-refractivity contribution in [3.8, 4) is 16.2 Å². The van der Waals surface area contributed by atoms with Crippen LogP contribution in [-0.4, -0.2) is 32.8 Å². The molecule has 1 aromatic heterocycles. The van der Waals surface area contributed by atoms with Crippen molar-refractivity contribution < 1.29 is 9.47 Å². The van der Waals surface area contributed by atoms with E-state index in [1.54, 1.807) is 25.6 Å². The number of thiophene rings is 1. The van der Waals surface area contributed by atoms with Crippen molar-refractivity contribution >= 4 is 41.3 Å². The van der Waals surface area contributed by atoms with Crippen LogP contribution < -0.4 is 15.8 Å². The summed E-state index contributed by atoms with van der Waals surface area (Å²) in [4.78, 5) is 6.74. The van der Waals surface area contributed by atoms with Gasteiger partial charge in [-0.2, -0.15) is 0 Å². The van der Waals surface area contributed by atoms with Gasteiger partial charge in [0.25, 0.3) is 0 Å². The summed E-state index contributed by atoms with van der Waals surface area (Å²) in [6.45, 7) is 3.16. The van der Waals surface area contributed by atoms with Gasteiger partial charge in [-0.15, -0.1) is 35.3 Å². The average molecular weight is 461 g/mol. The van der Waals surface area contributed by atoms with Gasteiger partial charge in [0.05, 0.1) is 20.3 Å². The van der Waals surface area contributed by atoms with Crippen LogP contribution in [0.25, 0.3) is 10.4 Å². The van der Waals surface area contributed by atoms with E-state index >= 15 is 0 Å². The summed E-state index contributed by atoms with van der Waals surface area (Å²) < 4.78 is 10.2. The molecule has 0 aliphatic carbocycles. The van der Waals surface area contributed by atoms with Gasteiger partial charge >= 0.3 is 0 Å². The Morgan fingerprint density at radius 1 is 1.21 bits per heavy atom. The number of halogens is 1. The maximum atomic E-state index is 5.88. The second-order valence-corrected chi connectivity index (χ2v) is 6.36. The Morgan fingerprint density at radius 3 is 2.54 bits per heavy atom. The first-order chi connectivity index (χ1) is 11.1. The van der Waals surface area contributed by atoms with Crippen LogP contribution in [0, 0.1) is 0 Å². The first-order valence-corrected chi connectivity index (χ1v) is 8.22. The summed E-state index contributed by atoms with van der Waals surface area (Å²) in [5.74, 6) is 1.30. The number of ether oxygens (including phenoxy) is 2. The standard InChI is InChI=1S/C17H23N3O2S.HI/c1-12(11-21-2)20-17(18)19-10-15-8-9-16(23-15)13-4-6-14(22-3)7-5-13;/h4-9,12H,10-11H2,1-3H3,(H3,18,19,20);1H. The topological polar surface area (TPSA) is 68.9 Å². The molecule has 0 aliphatic rings. The van der Waals surface area contributed by atoms with E-state index in [4.69, 9.17) is 15.2 Å². The molecule has 0 radical (unpaired) electrons. The second kappa shape index (κ2) is 10.5. The highest BCUT2D eigenvalue weighted by molar-refractivity contribution is 14.0. The zero-order chi connectivity index (χ0) is 16.7. The van der Waals surface area contributed by atoms with Crippen LogP contribution in [0.5, 0.6) is 5.75 Å². The Bertz CT molecular complexity index is 644. The van der Waals surface area contributed by atoms with E-state index in [-0.39, 0.29) is 30.0 Å². The third kappa shape index (κ3) is 6.29. The Hall–Kier alpha value is -1.32. The Balaban J connectivity index is 0.00000288. The molecule has 1 heterocycles. The van der Waals surface area contributed by atoms with E-state index in [2.05, 4.69) is 34.6 Å². The molecular formula is C17H24IN3O2S. The molecular weight excluding hydrogens is 437 g/mol. The van der Waals surface area contributed by atoms with Crippen LogP contribution in [0.4, 0.5) is 0 Å². The lowest BCUT2D eigenvalue weighted by molar-refractivity contribution is 0.179. The second-order valence-electron chi connectivity index (χ2n) is 5.20. The van der Waals surface area contributed by atoms with Crippen LogP contribution in [-0.2, 0) is 11.3 Å². The van der Waals surface area contributed by atoms with Crippen molar-refractivity contribution in [1.29, 1.82) is 0 Å². The van der Waals surface area contributed by atoms with Gasteiger partial charge in [-0.3, -0.25) is 0 Å². The van der Waals surface area contributed by atoms with E-state index in [9.17, 15) is 0 Å². The molecule has 0 fully saturated rings. The molecule has 1 atom stereocenters. The summed E-state index contributed by atoms with van der Waals surface area (Å²) in [5, 5.41) is 3.10. The first kappa shape index (κ1) is 20.7. The van der Waals surface area contributed by atoms with E-state index in [1.165, 1.54) is 15.3 Å². The Morgan fingerprint density at radius 2 is 1.92 bits per heavy atom. The van der Waals surface area contributed by atoms with Crippen LogP contribution in [0.1, 0.15) is 11.8 Å². The highest BCUT2D eigenvalue weighted by atomic mass is 127. The molecule has 0 amide bonds. The van der Waals surface area contributed by atoms with E-state index in [0.717, 1.165) is 5.75 Å². The molecule has 0 spiro atoms. The van der Waals surface area contributed by atoms with Crippen molar-refractivity contribution in [1.82, 2.24) is 5.32 Å². The molecule has 2 aromatic rings. The summed E-state index contributed by atoms with van der Waals surface area (Å²) >= 11 is 1.71. The summed E-state index contributed by atoms with van der Waals surface area (Å²) in [5.41, 5.74) is 7.05. The molecule has 2 rings (SSSR count). The van der Waals surface area contributed by atoms with Gasteiger partial charge in [0.2, 0.25) is 0 Å². The molecule has 0 saturated heterocycles. The number of aliphatic imine (C=N–C) groups is 1. The fraction of sp³-hybridized carbons (Fsp3) is 0.353. The maximum Gasteiger partial charge on any atom is 0.189 e. The Kier molecular flexibility index (Phi) is 9.09. The van der Waals surface area contributed by atoms with Crippen molar-refractivity contribution in [2.45, 2.75) is 19.5 Å². The lowest BCUT2D eigenvalue weighted by atomic mass is 10.2. The van der Waals surface area contributed by atoms with E-state index in [1.807, 2.05) is 19.1 Å². The van der Waals surface area contributed by atoms with Gasteiger partial charge in [-0.1, -0.05) is 0 Å². The zero-order valence-electron chi connectivity index (χ0n) is 14.1. The van der Waals surface area contributed by atoms with Gasteiger partial charge in [0.15, 0.2) is 5.96 Å². The SMILES string of the molecule is COCC(C)NC(N)=NCc1ccc(-c2ccc(OC)cc2)s1.I. The lowest BCUT2D eigenvalue weighted by Crippen LogP contribution is -2.40. The number of hydrogen-bond donors (Lipinski definition) is 2. The number of rotatable bonds is 7. The van der Waals surface area contributed by atoms with Gasteiger partial charge in [-0.25, -0.2) is 4.99 Å². The number of benzene rings is 1. The van der Waals surface area contributed by atoms with Crippen LogP contribution in [0.3, 0.4) is 0 Å². The molecule has 5 nitrogen and oxygen atoms in total. The third-order valence-electron chi connectivity index (χ3n) is 3.25. The monoisotopic (exact) mass is 461 g/mol. The number of methoxy groups -OCH3 is 2. The normalized spacial score (nSPS) is 12.4. The van der Waals surface area contributed by atoms with Crippen molar-refractivity contribution in [3.05, 3.63) is 41.3 Å². The fourth-order valence-electron chi connectivity index (χ4n) is 2.13. The molecule has 0 aliphatic heterocycles. The molecule has 7 heteroatoms. The van der Waals surface area contributed by atoms with Gasteiger partial charge < -0.3 is 20.5 Å². The number of nitrogens with two attached hydrogens (primary N) is 1. The lowest BCUT2D eigenvalue weighted by Gasteiger charge is -2.12. The number of hydrogen-bond acceptors (Lipinski definition) is 4. The number of guanidine groups is 1. The third-order valence-corrected chi connectivity index (χ3v) is 4.37. The van der Waals surface area contributed by atoms with Crippen LogP contribution >= 0.6 is 35.3 Å². The van der Waals surface area contributed by atoms with Gasteiger partial charge in [-0.05, 0) is 48.9 Å².